The predicted octanol–water partition coefficient (Wildman–Crippen LogP) is 3.50. The highest BCUT2D eigenvalue weighted by molar-refractivity contribution is 7.09. The summed E-state index contributed by atoms with van der Waals surface area (Å²) in [6.45, 7) is 4.72. The number of nitrogens with one attached hydrogen (secondary N) is 2. The summed E-state index contributed by atoms with van der Waals surface area (Å²) in [4.78, 5) is 13.1. The predicted molar refractivity (Wildman–Crippen MR) is 80.7 cm³/mol. The number of rotatable bonds is 5. The van der Waals surface area contributed by atoms with Gasteiger partial charge in [0.05, 0.1) is 0 Å². The minimum absolute atomic E-state index is 0.0280. The van der Waals surface area contributed by atoms with Gasteiger partial charge in [0.25, 0.3) is 5.91 Å². The molecule has 0 radical (unpaired) electrons. The van der Waals surface area contributed by atoms with E-state index in [2.05, 4.69) is 22.1 Å². The molecule has 0 bridgehead atoms. The number of amides is 1. The molecule has 2 rings (SSSR count). The van der Waals surface area contributed by atoms with E-state index in [1.165, 1.54) is 4.88 Å². The van der Waals surface area contributed by atoms with Gasteiger partial charge in [-0.3, -0.25) is 4.79 Å². The Morgan fingerprint density at radius 1 is 1.21 bits per heavy atom. The Morgan fingerprint density at radius 2 is 1.95 bits per heavy atom. The van der Waals surface area contributed by atoms with Gasteiger partial charge in [-0.15, -0.1) is 11.3 Å². The molecular formula is C15H18N2OS. The van der Waals surface area contributed by atoms with E-state index in [4.69, 9.17) is 0 Å². The van der Waals surface area contributed by atoms with Gasteiger partial charge in [-0.2, -0.15) is 0 Å². The summed E-state index contributed by atoms with van der Waals surface area (Å²) in [6.07, 6.45) is 0. The molecule has 0 aliphatic rings. The molecule has 19 heavy (non-hydrogen) atoms. The fourth-order valence-corrected chi connectivity index (χ4v) is 2.33. The van der Waals surface area contributed by atoms with Gasteiger partial charge in [-0.05, 0) is 49.6 Å². The summed E-state index contributed by atoms with van der Waals surface area (Å²) in [5.41, 5.74) is 1.71. The molecule has 0 atom stereocenters. The molecule has 1 aromatic heterocycles. The Balaban J connectivity index is 1.92. The van der Waals surface area contributed by atoms with Gasteiger partial charge in [0.2, 0.25) is 0 Å². The summed E-state index contributed by atoms with van der Waals surface area (Å²) in [7, 11) is 0. The molecule has 0 spiro atoms. The van der Waals surface area contributed by atoms with Crippen molar-refractivity contribution in [2.24, 2.45) is 0 Å². The van der Waals surface area contributed by atoms with Crippen LogP contribution in [0.1, 0.15) is 29.1 Å². The third kappa shape index (κ3) is 4.10. The van der Waals surface area contributed by atoms with E-state index < -0.39 is 0 Å². The Labute approximate surface area is 117 Å². The molecule has 0 aliphatic carbocycles. The van der Waals surface area contributed by atoms with Crippen LogP contribution >= 0.6 is 11.3 Å². The van der Waals surface area contributed by atoms with E-state index in [9.17, 15) is 4.79 Å². The topological polar surface area (TPSA) is 41.1 Å². The van der Waals surface area contributed by atoms with Crippen LogP contribution in [0.3, 0.4) is 0 Å². The molecule has 1 aromatic carbocycles. The van der Waals surface area contributed by atoms with E-state index in [1.54, 1.807) is 11.3 Å². The lowest BCUT2D eigenvalue weighted by Crippen LogP contribution is -2.29. The van der Waals surface area contributed by atoms with Crippen LogP contribution in [0.2, 0.25) is 0 Å². The first-order valence-electron chi connectivity index (χ1n) is 6.32. The second kappa shape index (κ2) is 6.38. The maximum Gasteiger partial charge on any atom is 0.251 e. The second-order valence-corrected chi connectivity index (χ2v) is 5.67. The third-order valence-corrected chi connectivity index (χ3v) is 3.49. The number of anilines is 1. The van der Waals surface area contributed by atoms with Gasteiger partial charge < -0.3 is 10.6 Å². The van der Waals surface area contributed by atoms with E-state index >= 15 is 0 Å². The fourth-order valence-electron chi connectivity index (χ4n) is 1.69. The number of thiophene rings is 1. The van der Waals surface area contributed by atoms with Crippen molar-refractivity contribution in [2.45, 2.75) is 26.4 Å². The molecule has 2 N–H and O–H groups in total. The van der Waals surface area contributed by atoms with Gasteiger partial charge >= 0.3 is 0 Å². The summed E-state index contributed by atoms with van der Waals surface area (Å²) >= 11 is 1.73. The van der Waals surface area contributed by atoms with Crippen molar-refractivity contribution in [1.29, 1.82) is 0 Å². The Bertz CT molecular complexity index is 518. The molecular weight excluding hydrogens is 256 g/mol. The highest BCUT2D eigenvalue weighted by Gasteiger charge is 2.06. The lowest BCUT2D eigenvalue weighted by Gasteiger charge is -2.09. The minimum atomic E-state index is -0.0280. The Kier molecular flexibility index (Phi) is 4.58. The maximum atomic E-state index is 11.8. The standard InChI is InChI=1S/C15H18N2OS/c1-11(2)17-15(18)12-5-7-13(8-6-12)16-10-14-4-3-9-19-14/h3-9,11,16H,10H2,1-2H3,(H,17,18). The highest BCUT2D eigenvalue weighted by atomic mass is 32.1. The molecule has 2 aromatic rings. The smallest absolute Gasteiger partial charge is 0.251 e. The lowest BCUT2D eigenvalue weighted by molar-refractivity contribution is 0.0943. The summed E-state index contributed by atoms with van der Waals surface area (Å²) < 4.78 is 0. The maximum absolute atomic E-state index is 11.8. The lowest BCUT2D eigenvalue weighted by atomic mass is 10.2. The fraction of sp³-hybridized carbons (Fsp3) is 0.267. The average molecular weight is 274 g/mol. The van der Waals surface area contributed by atoms with Crippen molar-refractivity contribution >= 4 is 22.9 Å². The molecule has 0 saturated carbocycles. The molecule has 4 heteroatoms. The van der Waals surface area contributed by atoms with Gasteiger partial charge in [0.15, 0.2) is 0 Å². The third-order valence-electron chi connectivity index (χ3n) is 2.61. The van der Waals surface area contributed by atoms with E-state index in [-0.39, 0.29) is 11.9 Å². The molecule has 1 amide bonds. The zero-order chi connectivity index (χ0) is 13.7. The van der Waals surface area contributed by atoms with Crippen molar-refractivity contribution in [3.05, 3.63) is 52.2 Å². The van der Waals surface area contributed by atoms with Crippen LogP contribution in [0.4, 0.5) is 5.69 Å². The second-order valence-electron chi connectivity index (χ2n) is 4.64. The van der Waals surface area contributed by atoms with Gasteiger partial charge in [-0.1, -0.05) is 6.07 Å². The number of benzene rings is 1. The van der Waals surface area contributed by atoms with E-state index in [0.29, 0.717) is 5.56 Å². The summed E-state index contributed by atoms with van der Waals surface area (Å²) in [5, 5.41) is 8.27. The minimum Gasteiger partial charge on any atom is -0.380 e. The normalized spacial score (nSPS) is 10.5. The van der Waals surface area contributed by atoms with Crippen molar-refractivity contribution in [2.75, 3.05) is 5.32 Å². The summed E-state index contributed by atoms with van der Waals surface area (Å²) in [6, 6.07) is 11.8. The Morgan fingerprint density at radius 3 is 2.53 bits per heavy atom. The molecule has 1 heterocycles. The summed E-state index contributed by atoms with van der Waals surface area (Å²) in [5.74, 6) is -0.0280. The Hall–Kier alpha value is -1.81. The van der Waals surface area contributed by atoms with Crippen LogP contribution in [0, 0.1) is 0 Å². The van der Waals surface area contributed by atoms with Crippen LogP contribution < -0.4 is 10.6 Å². The molecule has 0 saturated heterocycles. The van der Waals surface area contributed by atoms with Crippen LogP contribution in [-0.4, -0.2) is 11.9 Å². The quantitative estimate of drug-likeness (QED) is 0.876. The van der Waals surface area contributed by atoms with Crippen LogP contribution in [0.5, 0.6) is 0 Å². The van der Waals surface area contributed by atoms with Gasteiger partial charge in [-0.25, -0.2) is 0 Å². The van der Waals surface area contributed by atoms with Crippen LogP contribution in [-0.2, 0) is 6.54 Å². The molecule has 3 nitrogen and oxygen atoms in total. The van der Waals surface area contributed by atoms with Crippen LogP contribution in [0.15, 0.2) is 41.8 Å². The first-order chi connectivity index (χ1) is 9.15. The first-order valence-corrected chi connectivity index (χ1v) is 7.20. The van der Waals surface area contributed by atoms with E-state index in [0.717, 1.165) is 12.2 Å². The molecule has 0 unspecified atom stereocenters. The highest BCUT2D eigenvalue weighted by Crippen LogP contribution is 2.14. The average Bonchev–Trinajstić information content (AvgIpc) is 2.89. The first kappa shape index (κ1) is 13.6. The molecule has 100 valence electrons. The number of carbonyl (C=O) groups is 1. The zero-order valence-corrected chi connectivity index (χ0v) is 12.0. The van der Waals surface area contributed by atoms with Crippen molar-refractivity contribution < 1.29 is 4.79 Å². The monoisotopic (exact) mass is 274 g/mol. The van der Waals surface area contributed by atoms with E-state index in [1.807, 2.05) is 44.2 Å². The van der Waals surface area contributed by atoms with Gasteiger partial charge in [0, 0.05) is 28.7 Å². The van der Waals surface area contributed by atoms with Crippen LogP contribution in [0.25, 0.3) is 0 Å². The number of carbonyl (C=O) groups excluding carboxylic acids is 1. The zero-order valence-electron chi connectivity index (χ0n) is 11.1. The van der Waals surface area contributed by atoms with Crippen molar-refractivity contribution in [3.63, 3.8) is 0 Å². The molecule has 0 fully saturated rings. The van der Waals surface area contributed by atoms with Gasteiger partial charge in [0.1, 0.15) is 0 Å². The number of hydrogen-bond donors (Lipinski definition) is 2. The molecule has 0 aliphatic heterocycles. The van der Waals surface area contributed by atoms with Crippen molar-refractivity contribution in [1.82, 2.24) is 5.32 Å². The largest absolute Gasteiger partial charge is 0.380 e. The van der Waals surface area contributed by atoms with Crippen molar-refractivity contribution in [3.8, 4) is 0 Å². The number of hydrogen-bond acceptors (Lipinski definition) is 3. The SMILES string of the molecule is CC(C)NC(=O)c1ccc(NCc2cccs2)cc1.